The molecule has 3 aromatic rings. The molecule has 0 bridgehead atoms. The molecule has 1 saturated heterocycles. The van der Waals surface area contributed by atoms with Crippen LogP contribution in [0, 0.1) is 10.1 Å². The van der Waals surface area contributed by atoms with Crippen LogP contribution >= 0.6 is 11.8 Å². The molecule has 44 heavy (non-hydrogen) atoms. The summed E-state index contributed by atoms with van der Waals surface area (Å²) >= 11 is -0.133. The van der Waals surface area contributed by atoms with Crippen LogP contribution in [-0.2, 0) is 6.18 Å². The Kier molecular flexibility index (Phi) is 9.32. The van der Waals surface area contributed by atoms with Crippen molar-refractivity contribution in [1.82, 2.24) is 4.98 Å². The number of rotatable bonds is 8. The summed E-state index contributed by atoms with van der Waals surface area (Å²) in [5.74, 6) is 1.42. The van der Waals surface area contributed by atoms with Crippen LogP contribution in [0.15, 0.2) is 65.7 Å². The Morgan fingerprint density at radius 3 is 2.16 bits per heavy atom. The van der Waals surface area contributed by atoms with E-state index in [1.54, 1.807) is 24.4 Å². The highest BCUT2D eigenvalue weighted by Gasteiger charge is 2.38. The average molecular weight is 642 g/mol. The van der Waals surface area contributed by atoms with E-state index in [1.165, 1.54) is 18.2 Å². The summed E-state index contributed by atoms with van der Waals surface area (Å²) in [5.41, 5.74) is -5.53. The number of nitrogens with one attached hydrogen (secondary N) is 1. The van der Waals surface area contributed by atoms with Crippen LogP contribution in [-0.4, -0.2) is 53.7 Å². The molecule has 1 saturated carbocycles. The number of anilines is 3. The van der Waals surface area contributed by atoms with Crippen LogP contribution in [0.1, 0.15) is 31.2 Å². The van der Waals surface area contributed by atoms with Gasteiger partial charge in [-0.25, -0.2) is 4.98 Å². The van der Waals surface area contributed by atoms with Crippen molar-refractivity contribution in [2.75, 3.05) is 41.3 Å². The second-order valence-electron chi connectivity index (χ2n) is 10.6. The minimum absolute atomic E-state index is 0.0822. The molecule has 2 aromatic carbocycles. The van der Waals surface area contributed by atoms with E-state index in [2.05, 4.69) is 20.1 Å². The predicted octanol–water partition coefficient (Wildman–Crippen LogP) is 7.75. The van der Waals surface area contributed by atoms with Gasteiger partial charge in [0.2, 0.25) is 0 Å². The highest BCUT2D eigenvalue weighted by atomic mass is 32.2. The lowest BCUT2D eigenvalue weighted by atomic mass is 9.92. The van der Waals surface area contributed by atoms with Crippen molar-refractivity contribution in [3.05, 3.63) is 76.5 Å². The third-order valence-electron chi connectivity index (χ3n) is 7.60. The normalized spacial score (nSPS) is 19.5. The summed E-state index contributed by atoms with van der Waals surface area (Å²) in [4.78, 5) is 18.8. The van der Waals surface area contributed by atoms with Gasteiger partial charge >= 0.3 is 11.7 Å². The largest absolute Gasteiger partial charge is 0.490 e. The first kappa shape index (κ1) is 31.5. The molecule has 2 heterocycles. The molecule has 8 nitrogen and oxygen atoms in total. The topological polar surface area (TPSA) is 83.8 Å². The summed E-state index contributed by atoms with van der Waals surface area (Å²) in [6, 6.07) is 12.9. The van der Waals surface area contributed by atoms with Gasteiger partial charge in [-0.05, 0) is 79.9 Å². The fourth-order valence-electron chi connectivity index (χ4n) is 5.46. The van der Waals surface area contributed by atoms with Crippen LogP contribution < -0.4 is 19.9 Å². The van der Waals surface area contributed by atoms with E-state index in [1.807, 2.05) is 6.07 Å². The van der Waals surface area contributed by atoms with E-state index in [4.69, 9.17) is 4.74 Å². The molecule has 0 amide bonds. The maximum absolute atomic E-state index is 13.3. The van der Waals surface area contributed by atoms with Gasteiger partial charge in [-0.3, -0.25) is 10.1 Å². The molecular formula is C29H29F6N5O3S. The van der Waals surface area contributed by atoms with Gasteiger partial charge in [-0.2, -0.15) is 26.3 Å². The molecule has 1 aliphatic carbocycles. The molecule has 1 aliphatic heterocycles. The number of nitro groups is 1. The fraction of sp³-hybridized carbons (Fsp3) is 0.414. The van der Waals surface area contributed by atoms with Gasteiger partial charge < -0.3 is 19.9 Å². The van der Waals surface area contributed by atoms with E-state index < -0.39 is 27.9 Å². The molecule has 2 aliphatic rings. The van der Waals surface area contributed by atoms with Crippen molar-refractivity contribution in [2.45, 2.75) is 54.4 Å². The minimum atomic E-state index is -4.84. The van der Waals surface area contributed by atoms with Gasteiger partial charge in [0.25, 0.3) is 5.69 Å². The lowest BCUT2D eigenvalue weighted by molar-refractivity contribution is -0.388. The summed E-state index contributed by atoms with van der Waals surface area (Å²) < 4.78 is 84.0. The Balaban J connectivity index is 1.11. The van der Waals surface area contributed by atoms with Crippen LogP contribution in [0.3, 0.4) is 0 Å². The Morgan fingerprint density at radius 1 is 0.886 bits per heavy atom. The van der Waals surface area contributed by atoms with Crippen molar-refractivity contribution in [1.29, 1.82) is 0 Å². The van der Waals surface area contributed by atoms with E-state index in [0.29, 0.717) is 57.6 Å². The zero-order valence-electron chi connectivity index (χ0n) is 23.3. The Morgan fingerprint density at radius 2 is 1.55 bits per heavy atom. The van der Waals surface area contributed by atoms with E-state index in [0.717, 1.165) is 23.6 Å². The van der Waals surface area contributed by atoms with Gasteiger partial charge in [-0.1, -0.05) is 0 Å². The van der Waals surface area contributed by atoms with Crippen LogP contribution in [0.25, 0.3) is 0 Å². The van der Waals surface area contributed by atoms with Crippen molar-refractivity contribution in [2.24, 2.45) is 0 Å². The number of ether oxygens (including phenoxy) is 1. The predicted molar refractivity (Wildman–Crippen MR) is 155 cm³/mol. The number of aromatic nitrogens is 1. The van der Waals surface area contributed by atoms with E-state index in [9.17, 15) is 36.5 Å². The zero-order valence-corrected chi connectivity index (χ0v) is 24.1. The number of nitro benzene ring substituents is 1. The SMILES string of the molecule is O=[N+]([O-])c1ccc(N[C@H]2CC[C@H](Oc3ccnc(N4CCN(c5ccc(SC(F)(F)F)cc5)CC4)c3)CC2)cc1C(F)(F)F. The lowest BCUT2D eigenvalue weighted by Gasteiger charge is -2.37. The number of thioether (sulfide) groups is 1. The number of hydrogen-bond donors (Lipinski definition) is 1. The van der Waals surface area contributed by atoms with Crippen LogP contribution in [0.5, 0.6) is 5.75 Å². The van der Waals surface area contributed by atoms with Gasteiger partial charge in [0.1, 0.15) is 17.1 Å². The number of nitrogens with zero attached hydrogens (tertiary/aromatic N) is 4. The van der Waals surface area contributed by atoms with Gasteiger partial charge in [0.15, 0.2) is 0 Å². The first-order chi connectivity index (χ1) is 20.8. The number of halogens is 6. The number of benzene rings is 2. The Hall–Kier alpha value is -3.88. The van der Waals surface area contributed by atoms with E-state index in [-0.39, 0.29) is 34.5 Å². The highest BCUT2D eigenvalue weighted by Crippen LogP contribution is 2.39. The summed E-state index contributed by atoms with van der Waals surface area (Å²) in [6.07, 6.45) is -0.593. The standard InChI is InChI=1S/C29H29F6N5O3S/c30-28(31,32)25-17-20(3-10-26(25)40(41)42)37-19-1-6-22(7-2-19)43-23-11-12-36-27(18-23)39-15-13-38(14-16-39)21-4-8-24(9-5-21)44-29(33,34)35/h3-5,8-12,17-19,22,37H,1-2,6-7,13-16H2/t19-,22-. The molecule has 1 aromatic heterocycles. The second-order valence-corrected chi connectivity index (χ2v) is 11.7. The summed E-state index contributed by atoms with van der Waals surface area (Å²) in [6.45, 7) is 2.69. The zero-order chi connectivity index (χ0) is 31.5. The summed E-state index contributed by atoms with van der Waals surface area (Å²) in [7, 11) is 0. The quantitative estimate of drug-likeness (QED) is 0.116. The maximum atomic E-state index is 13.3. The van der Waals surface area contributed by atoms with Gasteiger partial charge in [-0.15, -0.1) is 0 Å². The summed E-state index contributed by atoms with van der Waals surface area (Å²) in [5, 5.41) is 14.1. The molecule has 15 heteroatoms. The molecule has 1 N–H and O–H groups in total. The number of pyridine rings is 1. The fourth-order valence-corrected chi connectivity index (χ4v) is 6.00. The Bertz CT molecular complexity index is 1440. The van der Waals surface area contributed by atoms with E-state index >= 15 is 0 Å². The van der Waals surface area contributed by atoms with Crippen molar-refractivity contribution in [3.8, 4) is 5.75 Å². The van der Waals surface area contributed by atoms with Gasteiger partial charge in [0.05, 0.1) is 11.0 Å². The van der Waals surface area contributed by atoms with Crippen molar-refractivity contribution < 1.29 is 36.0 Å². The third kappa shape index (κ3) is 8.18. The molecule has 236 valence electrons. The molecule has 0 radical (unpaired) electrons. The molecule has 5 rings (SSSR count). The van der Waals surface area contributed by atoms with Crippen LogP contribution in [0.2, 0.25) is 0 Å². The molecule has 0 spiro atoms. The van der Waals surface area contributed by atoms with Crippen LogP contribution in [0.4, 0.5) is 49.2 Å². The number of hydrogen-bond acceptors (Lipinski definition) is 8. The maximum Gasteiger partial charge on any atom is 0.446 e. The molecular weight excluding hydrogens is 612 g/mol. The first-order valence-corrected chi connectivity index (χ1v) is 14.8. The highest BCUT2D eigenvalue weighted by molar-refractivity contribution is 8.00. The van der Waals surface area contributed by atoms with Gasteiger partial charge in [0, 0.05) is 66.8 Å². The number of piperazine rings is 1. The average Bonchev–Trinajstić information content (AvgIpc) is 2.97. The lowest BCUT2D eigenvalue weighted by Crippen LogP contribution is -2.46. The molecule has 0 unspecified atom stereocenters. The molecule has 2 fully saturated rings. The monoisotopic (exact) mass is 641 g/mol. The van der Waals surface area contributed by atoms with Crippen molar-refractivity contribution >= 4 is 34.6 Å². The third-order valence-corrected chi connectivity index (χ3v) is 8.34. The first-order valence-electron chi connectivity index (χ1n) is 13.9. The number of alkyl halides is 6. The second kappa shape index (κ2) is 13.0. The van der Waals surface area contributed by atoms with Crippen molar-refractivity contribution in [3.63, 3.8) is 0 Å². The Labute approximate surface area is 253 Å². The minimum Gasteiger partial charge on any atom is -0.490 e. The molecule has 0 atom stereocenters. The smallest absolute Gasteiger partial charge is 0.446 e.